The molecule has 2 rings (SSSR count). The van der Waals surface area contributed by atoms with Gasteiger partial charge in [-0.3, -0.25) is 0 Å². The van der Waals surface area contributed by atoms with E-state index in [1.54, 1.807) is 0 Å². The Morgan fingerprint density at radius 2 is 2.25 bits per heavy atom. The second kappa shape index (κ2) is 3.99. The van der Waals surface area contributed by atoms with Gasteiger partial charge in [0.25, 0.3) is 0 Å². The Labute approximate surface area is 93.0 Å². The van der Waals surface area contributed by atoms with Gasteiger partial charge in [-0.15, -0.1) is 0 Å². The van der Waals surface area contributed by atoms with Crippen molar-refractivity contribution in [1.82, 2.24) is 5.32 Å². The van der Waals surface area contributed by atoms with Gasteiger partial charge < -0.3 is 10.4 Å². The lowest BCUT2D eigenvalue weighted by Gasteiger charge is -2.26. The summed E-state index contributed by atoms with van der Waals surface area (Å²) < 4.78 is 23.3. The SMILES string of the molecule is O=C(O)C1=NC=C(CNC2CCC2)S1(=O)=O. The zero-order valence-corrected chi connectivity index (χ0v) is 9.33. The molecule has 0 spiro atoms. The lowest BCUT2D eigenvalue weighted by atomic mass is 9.93. The van der Waals surface area contributed by atoms with E-state index in [9.17, 15) is 13.2 Å². The highest BCUT2D eigenvalue weighted by atomic mass is 32.2. The van der Waals surface area contributed by atoms with Crippen LogP contribution < -0.4 is 5.32 Å². The Hall–Kier alpha value is -1.21. The highest BCUT2D eigenvalue weighted by molar-refractivity contribution is 8.11. The summed E-state index contributed by atoms with van der Waals surface area (Å²) >= 11 is 0. The normalized spacial score (nSPS) is 23.5. The van der Waals surface area contributed by atoms with Gasteiger partial charge in [0.05, 0.1) is 4.91 Å². The van der Waals surface area contributed by atoms with Gasteiger partial charge in [-0.05, 0) is 12.8 Å². The Morgan fingerprint density at radius 1 is 1.56 bits per heavy atom. The molecule has 0 radical (unpaired) electrons. The molecule has 1 aliphatic heterocycles. The smallest absolute Gasteiger partial charge is 0.366 e. The first-order valence-electron chi connectivity index (χ1n) is 5.00. The molecule has 0 unspecified atom stereocenters. The third-order valence-corrected chi connectivity index (χ3v) is 4.51. The first kappa shape index (κ1) is 11.3. The van der Waals surface area contributed by atoms with Crippen molar-refractivity contribution >= 4 is 20.9 Å². The summed E-state index contributed by atoms with van der Waals surface area (Å²) in [6.45, 7) is 0.160. The number of sulfone groups is 1. The summed E-state index contributed by atoms with van der Waals surface area (Å²) in [4.78, 5) is 14.1. The summed E-state index contributed by atoms with van der Waals surface area (Å²) in [6.07, 6.45) is 4.35. The number of hydrogen-bond donors (Lipinski definition) is 2. The van der Waals surface area contributed by atoms with Gasteiger partial charge in [-0.25, -0.2) is 18.2 Å². The first-order chi connectivity index (χ1) is 7.51. The molecular weight excluding hydrogens is 232 g/mol. The second-order valence-corrected chi connectivity index (χ2v) is 5.76. The second-order valence-electron chi connectivity index (χ2n) is 3.85. The van der Waals surface area contributed by atoms with E-state index in [1.165, 1.54) is 0 Å². The number of hydrogen-bond acceptors (Lipinski definition) is 5. The van der Waals surface area contributed by atoms with Gasteiger partial charge >= 0.3 is 5.97 Å². The third-order valence-electron chi connectivity index (χ3n) is 2.78. The van der Waals surface area contributed by atoms with Crippen LogP contribution in [-0.4, -0.2) is 37.1 Å². The van der Waals surface area contributed by atoms with Crippen LogP contribution in [0.2, 0.25) is 0 Å². The zero-order chi connectivity index (χ0) is 11.8. The van der Waals surface area contributed by atoms with Gasteiger partial charge in [-0.2, -0.15) is 0 Å². The van der Waals surface area contributed by atoms with Crippen molar-refractivity contribution in [2.45, 2.75) is 25.3 Å². The van der Waals surface area contributed by atoms with Crippen LogP contribution in [0.25, 0.3) is 0 Å². The minimum absolute atomic E-state index is 0.0387. The molecule has 0 saturated heterocycles. The minimum Gasteiger partial charge on any atom is -0.476 e. The van der Waals surface area contributed by atoms with Crippen LogP contribution in [0.4, 0.5) is 0 Å². The van der Waals surface area contributed by atoms with E-state index in [-0.39, 0.29) is 11.4 Å². The lowest BCUT2D eigenvalue weighted by Crippen LogP contribution is -2.37. The zero-order valence-electron chi connectivity index (χ0n) is 8.51. The summed E-state index contributed by atoms with van der Waals surface area (Å²) in [5.74, 6) is -1.50. The number of rotatable bonds is 4. The van der Waals surface area contributed by atoms with E-state index in [0.717, 1.165) is 25.5 Å². The third kappa shape index (κ3) is 1.88. The molecule has 6 nitrogen and oxygen atoms in total. The molecule has 2 aliphatic rings. The van der Waals surface area contributed by atoms with Crippen molar-refractivity contribution in [3.8, 4) is 0 Å². The number of aliphatic carboxylic acids is 1. The standard InChI is InChI=1S/C9H12N2O4S/c12-9(13)8-11-5-7(16(8,14)15)4-10-6-2-1-3-6/h5-6,10H,1-4H2,(H,12,13). The Bertz CT molecular complexity index is 474. The van der Waals surface area contributed by atoms with Crippen LogP contribution in [0, 0.1) is 0 Å². The average molecular weight is 244 g/mol. The predicted octanol–water partition coefficient (Wildman–Crippen LogP) is -0.119. The van der Waals surface area contributed by atoms with Crippen molar-refractivity contribution < 1.29 is 18.3 Å². The van der Waals surface area contributed by atoms with Crippen molar-refractivity contribution in [2.24, 2.45) is 4.99 Å². The molecule has 0 bridgehead atoms. The van der Waals surface area contributed by atoms with Crippen molar-refractivity contribution in [3.63, 3.8) is 0 Å². The van der Waals surface area contributed by atoms with E-state index in [0.29, 0.717) is 6.04 Å². The summed E-state index contributed by atoms with van der Waals surface area (Å²) in [6, 6.07) is 0.352. The number of aliphatic imine (C=N–C) groups is 1. The van der Waals surface area contributed by atoms with Crippen LogP contribution >= 0.6 is 0 Å². The summed E-state index contributed by atoms with van der Waals surface area (Å²) in [5, 5.41) is 10.9. The fourth-order valence-corrected chi connectivity index (χ4v) is 2.70. The van der Waals surface area contributed by atoms with Crippen molar-refractivity contribution in [2.75, 3.05) is 6.54 Å². The van der Waals surface area contributed by atoms with Gasteiger partial charge in [0.1, 0.15) is 0 Å². The summed E-state index contributed by atoms with van der Waals surface area (Å²) in [7, 11) is -3.86. The van der Waals surface area contributed by atoms with E-state index >= 15 is 0 Å². The molecule has 0 atom stereocenters. The monoisotopic (exact) mass is 244 g/mol. The Morgan fingerprint density at radius 3 is 2.69 bits per heavy atom. The molecule has 1 fully saturated rings. The van der Waals surface area contributed by atoms with Crippen LogP contribution in [0.15, 0.2) is 16.1 Å². The maximum absolute atomic E-state index is 11.6. The van der Waals surface area contributed by atoms with Crippen molar-refractivity contribution in [1.29, 1.82) is 0 Å². The van der Waals surface area contributed by atoms with Gasteiger partial charge in [0, 0.05) is 18.8 Å². The number of carbonyl (C=O) groups is 1. The fourth-order valence-electron chi connectivity index (χ4n) is 1.56. The van der Waals surface area contributed by atoms with E-state index in [2.05, 4.69) is 10.3 Å². The maximum atomic E-state index is 11.6. The number of carboxylic acids is 1. The quantitative estimate of drug-likeness (QED) is 0.718. The van der Waals surface area contributed by atoms with E-state index in [1.807, 2.05) is 0 Å². The highest BCUT2D eigenvalue weighted by Gasteiger charge is 2.34. The average Bonchev–Trinajstić information content (AvgIpc) is 2.39. The van der Waals surface area contributed by atoms with Crippen LogP contribution in [0.1, 0.15) is 19.3 Å². The lowest BCUT2D eigenvalue weighted by molar-refractivity contribution is -0.129. The molecule has 1 saturated carbocycles. The molecule has 0 amide bonds. The van der Waals surface area contributed by atoms with Crippen LogP contribution in [0.5, 0.6) is 0 Å². The molecule has 7 heteroatoms. The molecule has 88 valence electrons. The molecule has 2 N–H and O–H groups in total. The molecule has 16 heavy (non-hydrogen) atoms. The number of carboxylic acid groups (broad SMARTS) is 1. The minimum atomic E-state index is -3.86. The molecule has 0 aromatic heterocycles. The van der Waals surface area contributed by atoms with Crippen LogP contribution in [-0.2, 0) is 14.6 Å². The molecule has 1 aliphatic carbocycles. The van der Waals surface area contributed by atoms with E-state index < -0.39 is 20.9 Å². The maximum Gasteiger partial charge on any atom is 0.366 e. The molecular formula is C9H12N2O4S. The molecule has 0 aromatic rings. The Balaban J connectivity index is 2.01. The number of nitrogens with zero attached hydrogens (tertiary/aromatic N) is 1. The summed E-state index contributed by atoms with van der Waals surface area (Å²) in [5.41, 5.74) is 0. The van der Waals surface area contributed by atoms with Gasteiger partial charge in [0.2, 0.25) is 14.9 Å². The molecule has 1 heterocycles. The van der Waals surface area contributed by atoms with Crippen LogP contribution in [0.3, 0.4) is 0 Å². The largest absolute Gasteiger partial charge is 0.476 e. The van der Waals surface area contributed by atoms with Gasteiger partial charge in [0.15, 0.2) is 0 Å². The topological polar surface area (TPSA) is 95.8 Å². The fraction of sp³-hybridized carbons (Fsp3) is 0.556. The first-order valence-corrected chi connectivity index (χ1v) is 6.49. The van der Waals surface area contributed by atoms with Gasteiger partial charge in [-0.1, -0.05) is 6.42 Å². The Kier molecular flexibility index (Phi) is 2.81. The molecule has 0 aromatic carbocycles. The van der Waals surface area contributed by atoms with Crippen molar-refractivity contribution in [3.05, 3.63) is 11.1 Å². The highest BCUT2D eigenvalue weighted by Crippen LogP contribution is 2.21. The predicted molar refractivity (Wildman–Crippen MR) is 57.7 cm³/mol. The number of nitrogens with one attached hydrogen (secondary N) is 1. The van der Waals surface area contributed by atoms with E-state index in [4.69, 9.17) is 5.11 Å².